The molecule has 1 aliphatic rings. The van der Waals surface area contributed by atoms with Crippen molar-refractivity contribution < 1.29 is 13.2 Å². The fourth-order valence-electron chi connectivity index (χ4n) is 4.76. The zero-order chi connectivity index (χ0) is 26.3. The van der Waals surface area contributed by atoms with Crippen molar-refractivity contribution in [2.45, 2.75) is 10.6 Å². The first kappa shape index (κ1) is 25.0. The molecule has 10 heteroatoms. The first-order valence-electron chi connectivity index (χ1n) is 12.1. The molecule has 192 valence electrons. The first-order chi connectivity index (χ1) is 18.4. The zero-order valence-corrected chi connectivity index (χ0v) is 23.5. The molecule has 1 aliphatic heterocycles. The van der Waals surface area contributed by atoms with Gasteiger partial charge in [-0.25, -0.2) is 13.4 Å². The highest BCUT2D eigenvalue weighted by atomic mass is 79.9. The van der Waals surface area contributed by atoms with E-state index >= 15 is 0 Å². The summed E-state index contributed by atoms with van der Waals surface area (Å²) in [4.78, 5) is 26.8. The van der Waals surface area contributed by atoms with Crippen LogP contribution in [0.4, 0.5) is 5.13 Å². The van der Waals surface area contributed by atoms with Crippen molar-refractivity contribution in [3.05, 3.63) is 94.6 Å². The molecule has 0 saturated carbocycles. The Balaban J connectivity index is 1.20. The van der Waals surface area contributed by atoms with Crippen molar-refractivity contribution in [3.8, 4) is 0 Å². The second-order valence-electron chi connectivity index (χ2n) is 9.14. The first-order valence-corrected chi connectivity index (χ1v) is 15.4. The molecule has 0 bridgehead atoms. The smallest absolute Gasteiger partial charge is 0.254 e. The lowest BCUT2D eigenvalue weighted by atomic mass is 10.1. The van der Waals surface area contributed by atoms with Gasteiger partial charge >= 0.3 is 0 Å². The van der Waals surface area contributed by atoms with Crippen molar-refractivity contribution in [3.63, 3.8) is 0 Å². The molecule has 2 aromatic heterocycles. The van der Waals surface area contributed by atoms with Crippen molar-refractivity contribution in [1.82, 2.24) is 14.9 Å². The Morgan fingerprint density at radius 2 is 1.74 bits per heavy atom. The third-order valence-electron chi connectivity index (χ3n) is 6.70. The van der Waals surface area contributed by atoms with Crippen LogP contribution in [0.3, 0.4) is 0 Å². The number of nitrogens with zero attached hydrogens (tertiary/aromatic N) is 4. The molecule has 1 fully saturated rings. The summed E-state index contributed by atoms with van der Waals surface area (Å²) in [5.41, 5.74) is 2.31. The standard InChI is InChI=1S/C28H23BrN4O3S2/c29-21-10-11-23-24(17-21)37-28(31-23)33-15-13-32(14-16-33)27(34)22-8-2-1-5-20(22)18-38(35,36)25-9-3-6-19-7-4-12-30-26(19)25/h1-12,17H,13-16,18H2. The number of hydrogen-bond acceptors (Lipinski definition) is 7. The quantitative estimate of drug-likeness (QED) is 0.261. The summed E-state index contributed by atoms with van der Waals surface area (Å²) in [6.45, 7) is 2.39. The molecule has 1 amide bonds. The average molecular weight is 608 g/mol. The number of sulfone groups is 1. The van der Waals surface area contributed by atoms with E-state index in [-0.39, 0.29) is 16.6 Å². The van der Waals surface area contributed by atoms with E-state index in [1.807, 2.05) is 24.3 Å². The second-order valence-corrected chi connectivity index (χ2v) is 13.0. The summed E-state index contributed by atoms with van der Waals surface area (Å²) in [7, 11) is -3.74. The normalized spacial score (nSPS) is 14.3. The molecule has 3 heterocycles. The number of halogens is 1. The second kappa shape index (κ2) is 10.1. The Hall–Kier alpha value is -3.34. The maximum Gasteiger partial charge on any atom is 0.254 e. The molecule has 0 aliphatic carbocycles. The fraction of sp³-hybridized carbons (Fsp3) is 0.179. The number of benzene rings is 3. The predicted molar refractivity (Wildman–Crippen MR) is 155 cm³/mol. The molecule has 0 radical (unpaired) electrons. The molecular formula is C28H23BrN4O3S2. The highest BCUT2D eigenvalue weighted by Crippen LogP contribution is 2.32. The average Bonchev–Trinajstić information content (AvgIpc) is 3.36. The topological polar surface area (TPSA) is 83.5 Å². The number of amides is 1. The molecule has 5 aromatic rings. The van der Waals surface area contributed by atoms with E-state index < -0.39 is 9.84 Å². The van der Waals surface area contributed by atoms with Gasteiger partial charge in [-0.15, -0.1) is 0 Å². The van der Waals surface area contributed by atoms with Gasteiger partial charge in [0.2, 0.25) is 0 Å². The van der Waals surface area contributed by atoms with Gasteiger partial charge < -0.3 is 9.80 Å². The third-order valence-corrected chi connectivity index (χ3v) is 9.96. The molecule has 0 N–H and O–H groups in total. The third kappa shape index (κ3) is 4.79. The van der Waals surface area contributed by atoms with E-state index in [0.29, 0.717) is 42.8 Å². The number of piperazine rings is 1. The van der Waals surface area contributed by atoms with E-state index in [9.17, 15) is 13.2 Å². The largest absolute Gasteiger partial charge is 0.345 e. The number of aromatic nitrogens is 2. The van der Waals surface area contributed by atoms with Crippen molar-refractivity contribution in [2.24, 2.45) is 0 Å². The van der Waals surface area contributed by atoms with Gasteiger partial charge in [0.05, 0.1) is 26.4 Å². The molecule has 0 spiro atoms. The summed E-state index contributed by atoms with van der Waals surface area (Å²) in [5, 5.41) is 1.71. The Bertz CT molecular complexity index is 1770. The summed E-state index contributed by atoms with van der Waals surface area (Å²) < 4.78 is 29.1. The maximum atomic E-state index is 13.6. The minimum atomic E-state index is -3.74. The number of pyridine rings is 1. The number of hydrogen-bond donors (Lipinski definition) is 0. The number of thiazole rings is 1. The molecule has 38 heavy (non-hydrogen) atoms. The number of anilines is 1. The highest BCUT2D eigenvalue weighted by Gasteiger charge is 2.27. The summed E-state index contributed by atoms with van der Waals surface area (Å²) in [5.74, 6) is -0.425. The minimum Gasteiger partial charge on any atom is -0.345 e. The van der Waals surface area contributed by atoms with Crippen LogP contribution in [-0.4, -0.2) is 55.4 Å². The molecule has 6 rings (SSSR count). The van der Waals surface area contributed by atoms with E-state index in [0.717, 1.165) is 25.2 Å². The van der Waals surface area contributed by atoms with Gasteiger partial charge in [0.25, 0.3) is 5.91 Å². The van der Waals surface area contributed by atoms with Gasteiger partial charge in [-0.05, 0) is 42.0 Å². The monoisotopic (exact) mass is 606 g/mol. The Kier molecular flexibility index (Phi) is 6.63. The fourth-order valence-corrected chi connectivity index (χ4v) is 7.89. The predicted octanol–water partition coefficient (Wildman–Crippen LogP) is 5.54. The van der Waals surface area contributed by atoms with Crippen LogP contribution in [0.15, 0.2) is 88.4 Å². The molecule has 3 aromatic carbocycles. The van der Waals surface area contributed by atoms with Crippen molar-refractivity contribution in [1.29, 1.82) is 0 Å². The van der Waals surface area contributed by atoms with Gasteiger partial charge in [0, 0.05) is 47.8 Å². The molecular weight excluding hydrogens is 584 g/mol. The van der Waals surface area contributed by atoms with Crippen LogP contribution >= 0.6 is 27.3 Å². The minimum absolute atomic E-state index is 0.153. The van der Waals surface area contributed by atoms with Crippen LogP contribution in [-0.2, 0) is 15.6 Å². The lowest BCUT2D eigenvalue weighted by Crippen LogP contribution is -2.49. The number of para-hydroxylation sites is 1. The van der Waals surface area contributed by atoms with Crippen LogP contribution in [0.5, 0.6) is 0 Å². The van der Waals surface area contributed by atoms with Crippen LogP contribution in [0.2, 0.25) is 0 Å². The Labute approximate surface area is 232 Å². The molecule has 0 unspecified atom stereocenters. The molecule has 7 nitrogen and oxygen atoms in total. The van der Waals surface area contributed by atoms with E-state index in [4.69, 9.17) is 4.98 Å². The summed E-state index contributed by atoms with van der Waals surface area (Å²) in [6, 6.07) is 21.8. The van der Waals surface area contributed by atoms with E-state index in [2.05, 4.69) is 31.9 Å². The van der Waals surface area contributed by atoms with Crippen LogP contribution in [0, 0.1) is 0 Å². The SMILES string of the molecule is O=C(c1ccccc1CS(=O)(=O)c1cccc2cccnc12)N1CCN(c2nc3ccc(Br)cc3s2)CC1. The van der Waals surface area contributed by atoms with Gasteiger partial charge in [0.15, 0.2) is 15.0 Å². The van der Waals surface area contributed by atoms with Crippen molar-refractivity contribution >= 4 is 69.3 Å². The van der Waals surface area contributed by atoms with Gasteiger partial charge in [-0.3, -0.25) is 9.78 Å². The number of fused-ring (bicyclic) bond motifs is 2. The summed E-state index contributed by atoms with van der Waals surface area (Å²) >= 11 is 5.15. The van der Waals surface area contributed by atoms with Crippen LogP contribution in [0.1, 0.15) is 15.9 Å². The summed E-state index contributed by atoms with van der Waals surface area (Å²) in [6.07, 6.45) is 1.59. The van der Waals surface area contributed by atoms with Crippen molar-refractivity contribution in [2.75, 3.05) is 31.1 Å². The highest BCUT2D eigenvalue weighted by molar-refractivity contribution is 9.10. The van der Waals surface area contributed by atoms with Gasteiger partial charge in [0.1, 0.15) is 0 Å². The zero-order valence-electron chi connectivity index (χ0n) is 20.2. The van der Waals surface area contributed by atoms with Gasteiger partial charge in [-0.1, -0.05) is 63.7 Å². The number of rotatable bonds is 5. The van der Waals surface area contributed by atoms with E-state index in [1.165, 1.54) is 0 Å². The maximum absolute atomic E-state index is 13.6. The Morgan fingerprint density at radius 1 is 0.947 bits per heavy atom. The Morgan fingerprint density at radius 3 is 2.58 bits per heavy atom. The van der Waals surface area contributed by atoms with Crippen LogP contribution in [0.25, 0.3) is 21.1 Å². The molecule has 0 atom stereocenters. The van der Waals surface area contributed by atoms with Crippen LogP contribution < -0.4 is 4.90 Å². The lowest BCUT2D eigenvalue weighted by molar-refractivity contribution is 0.0746. The van der Waals surface area contributed by atoms with E-state index in [1.54, 1.807) is 64.9 Å². The lowest BCUT2D eigenvalue weighted by Gasteiger charge is -2.35. The number of carbonyl (C=O) groups is 1. The number of carbonyl (C=O) groups excluding carboxylic acids is 1. The van der Waals surface area contributed by atoms with Gasteiger partial charge in [-0.2, -0.15) is 0 Å². The molecule has 1 saturated heterocycles.